The van der Waals surface area contributed by atoms with Crippen molar-refractivity contribution < 1.29 is 9.32 Å². The number of carbonyl (C=O) groups excluding carboxylic acids is 1. The minimum atomic E-state index is -0.311. The summed E-state index contributed by atoms with van der Waals surface area (Å²) in [6.45, 7) is 5.72. The van der Waals surface area contributed by atoms with Crippen LogP contribution in [0.5, 0.6) is 0 Å². The molecule has 2 aromatic rings. The number of carbonyl (C=O) groups is 1. The summed E-state index contributed by atoms with van der Waals surface area (Å²) in [5.41, 5.74) is 1.33. The van der Waals surface area contributed by atoms with Crippen LogP contribution in [-0.2, 0) is 0 Å². The highest BCUT2D eigenvalue weighted by Crippen LogP contribution is 2.18. The number of amides is 1. The number of hydrogen-bond donors (Lipinski definition) is 2. The molecule has 0 saturated heterocycles. The van der Waals surface area contributed by atoms with Crippen LogP contribution in [0.2, 0.25) is 0 Å². The Balaban J connectivity index is 2.26. The van der Waals surface area contributed by atoms with E-state index in [2.05, 4.69) is 25.8 Å². The lowest BCUT2D eigenvalue weighted by Crippen LogP contribution is -2.14. The lowest BCUT2D eigenvalue weighted by atomic mass is 10.1. The molecule has 0 aliphatic carbocycles. The molecule has 0 saturated carbocycles. The molecule has 2 rings (SSSR count). The molecule has 0 fully saturated rings. The number of hydrogen-bond acceptors (Lipinski definition) is 6. The molecule has 0 spiro atoms. The van der Waals surface area contributed by atoms with Crippen LogP contribution in [0.1, 0.15) is 41.6 Å². The maximum absolute atomic E-state index is 12.2. The van der Waals surface area contributed by atoms with E-state index >= 15 is 0 Å². The van der Waals surface area contributed by atoms with Gasteiger partial charge in [-0.15, -0.1) is 0 Å². The van der Waals surface area contributed by atoms with Gasteiger partial charge in [-0.05, 0) is 25.0 Å². The van der Waals surface area contributed by atoms with E-state index in [1.807, 2.05) is 13.8 Å². The van der Waals surface area contributed by atoms with Gasteiger partial charge in [0.15, 0.2) is 5.82 Å². The molecule has 0 atom stereocenters. The topological polar surface area (TPSA) is 92.9 Å². The molecule has 0 unspecified atom stereocenters. The fourth-order valence-corrected chi connectivity index (χ4v) is 1.62. The highest BCUT2D eigenvalue weighted by Gasteiger charge is 2.14. The molecule has 0 aromatic carbocycles. The highest BCUT2D eigenvalue weighted by atomic mass is 16.5. The quantitative estimate of drug-likeness (QED) is 0.888. The van der Waals surface area contributed by atoms with Crippen molar-refractivity contribution in [2.24, 2.45) is 0 Å². The van der Waals surface area contributed by atoms with Gasteiger partial charge in [0.25, 0.3) is 5.91 Å². The molecule has 7 heteroatoms. The number of aryl methyl sites for hydroxylation is 1. The predicted molar refractivity (Wildman–Crippen MR) is 74.9 cm³/mol. The van der Waals surface area contributed by atoms with Gasteiger partial charge in [0.1, 0.15) is 5.82 Å². The molecule has 0 aliphatic heterocycles. The zero-order valence-corrected chi connectivity index (χ0v) is 11.9. The molecule has 106 valence electrons. The molecular weight excluding hydrogens is 258 g/mol. The Morgan fingerprint density at radius 1 is 1.30 bits per heavy atom. The van der Waals surface area contributed by atoms with Crippen molar-refractivity contribution in [2.45, 2.75) is 26.7 Å². The van der Waals surface area contributed by atoms with Crippen molar-refractivity contribution in [1.82, 2.24) is 15.1 Å². The zero-order chi connectivity index (χ0) is 14.7. The van der Waals surface area contributed by atoms with Gasteiger partial charge < -0.3 is 9.84 Å². The first-order chi connectivity index (χ1) is 9.49. The van der Waals surface area contributed by atoms with Gasteiger partial charge in [-0.1, -0.05) is 19.0 Å². The maximum atomic E-state index is 12.2. The van der Waals surface area contributed by atoms with Crippen molar-refractivity contribution in [1.29, 1.82) is 0 Å². The van der Waals surface area contributed by atoms with E-state index in [0.29, 0.717) is 17.2 Å². The highest BCUT2D eigenvalue weighted by molar-refractivity contribution is 6.03. The van der Waals surface area contributed by atoms with Gasteiger partial charge in [-0.25, -0.2) is 4.98 Å². The smallest absolute Gasteiger partial charge is 0.328 e. The average Bonchev–Trinajstić information content (AvgIpc) is 2.83. The fourth-order valence-electron chi connectivity index (χ4n) is 1.62. The van der Waals surface area contributed by atoms with Crippen molar-refractivity contribution >= 4 is 17.7 Å². The summed E-state index contributed by atoms with van der Waals surface area (Å²) in [5.74, 6) is 1.02. The van der Waals surface area contributed by atoms with Gasteiger partial charge in [-0.3, -0.25) is 10.1 Å². The molecule has 2 heterocycles. The van der Waals surface area contributed by atoms with Crippen LogP contribution >= 0.6 is 0 Å². The Bertz CT molecular complexity index is 621. The van der Waals surface area contributed by atoms with Crippen LogP contribution in [-0.4, -0.2) is 28.1 Å². The second-order valence-corrected chi connectivity index (χ2v) is 4.67. The summed E-state index contributed by atoms with van der Waals surface area (Å²) in [5, 5.41) is 9.12. The van der Waals surface area contributed by atoms with E-state index in [4.69, 9.17) is 4.52 Å². The molecule has 7 nitrogen and oxygen atoms in total. The third-order valence-electron chi connectivity index (χ3n) is 2.70. The first kappa shape index (κ1) is 14.0. The van der Waals surface area contributed by atoms with E-state index in [-0.39, 0.29) is 17.8 Å². The molecule has 1 amide bonds. The Hall–Kier alpha value is -2.44. The number of aromatic nitrogens is 3. The first-order valence-corrected chi connectivity index (χ1v) is 6.31. The monoisotopic (exact) mass is 275 g/mol. The Morgan fingerprint density at radius 3 is 2.60 bits per heavy atom. The molecule has 0 radical (unpaired) electrons. The van der Waals surface area contributed by atoms with E-state index in [1.165, 1.54) is 0 Å². The predicted octanol–water partition coefficient (Wildman–Crippen LogP) is 2.19. The van der Waals surface area contributed by atoms with Crippen LogP contribution in [0.3, 0.4) is 0 Å². The summed E-state index contributed by atoms with van der Waals surface area (Å²) in [6.07, 6.45) is 0. The normalized spacial score (nSPS) is 10.7. The maximum Gasteiger partial charge on any atom is 0.328 e. The average molecular weight is 275 g/mol. The van der Waals surface area contributed by atoms with Gasteiger partial charge >= 0.3 is 6.01 Å². The molecule has 20 heavy (non-hydrogen) atoms. The van der Waals surface area contributed by atoms with Crippen molar-refractivity contribution in [2.75, 3.05) is 17.7 Å². The van der Waals surface area contributed by atoms with Gasteiger partial charge in [0.05, 0.1) is 0 Å². The lowest BCUT2D eigenvalue weighted by Gasteiger charge is -2.10. The number of nitrogens with one attached hydrogen (secondary N) is 2. The Kier molecular flexibility index (Phi) is 3.97. The number of nitrogens with zero attached hydrogens (tertiary/aromatic N) is 3. The van der Waals surface area contributed by atoms with Gasteiger partial charge in [0, 0.05) is 18.3 Å². The van der Waals surface area contributed by atoms with Crippen LogP contribution < -0.4 is 10.6 Å². The Labute approximate surface area is 116 Å². The minimum Gasteiger partial charge on any atom is -0.373 e. The minimum absolute atomic E-state index is 0.0846. The molecule has 0 aliphatic rings. The summed E-state index contributed by atoms with van der Waals surface area (Å²) in [6, 6.07) is 3.51. The molecule has 2 aromatic heterocycles. The summed E-state index contributed by atoms with van der Waals surface area (Å²) >= 11 is 0. The number of pyridine rings is 1. The third kappa shape index (κ3) is 3.11. The van der Waals surface area contributed by atoms with E-state index in [1.54, 1.807) is 26.1 Å². The molecule has 0 bridgehead atoms. The standard InChI is InChI=1S/C13H17N5O2/c1-7(2)10-5-9(6-11(14-4)16-10)12(19)17-13-15-8(3)18-20-13/h5-7H,1-4H3,(H,14,16)(H,15,17,18,19). The lowest BCUT2D eigenvalue weighted by molar-refractivity contribution is 0.102. The van der Waals surface area contributed by atoms with Gasteiger partial charge in [-0.2, -0.15) is 4.98 Å². The second kappa shape index (κ2) is 5.68. The summed E-state index contributed by atoms with van der Waals surface area (Å²) in [7, 11) is 1.76. The largest absolute Gasteiger partial charge is 0.373 e. The van der Waals surface area contributed by atoms with Crippen LogP contribution in [0.25, 0.3) is 0 Å². The van der Waals surface area contributed by atoms with Crippen LogP contribution in [0.4, 0.5) is 11.8 Å². The van der Waals surface area contributed by atoms with Crippen molar-refractivity contribution in [3.63, 3.8) is 0 Å². The third-order valence-corrected chi connectivity index (χ3v) is 2.70. The van der Waals surface area contributed by atoms with Crippen LogP contribution in [0.15, 0.2) is 16.7 Å². The Morgan fingerprint density at radius 2 is 2.05 bits per heavy atom. The summed E-state index contributed by atoms with van der Waals surface area (Å²) in [4.78, 5) is 20.5. The number of rotatable bonds is 4. The first-order valence-electron chi connectivity index (χ1n) is 6.31. The second-order valence-electron chi connectivity index (χ2n) is 4.67. The van der Waals surface area contributed by atoms with E-state index in [0.717, 1.165) is 5.69 Å². The van der Waals surface area contributed by atoms with Crippen molar-refractivity contribution in [3.05, 3.63) is 29.2 Å². The fraction of sp³-hybridized carbons (Fsp3) is 0.385. The molecule has 2 N–H and O–H groups in total. The van der Waals surface area contributed by atoms with Gasteiger partial charge in [0.2, 0.25) is 0 Å². The van der Waals surface area contributed by atoms with Crippen LogP contribution in [0, 0.1) is 6.92 Å². The van der Waals surface area contributed by atoms with Crippen molar-refractivity contribution in [3.8, 4) is 0 Å². The number of anilines is 2. The van der Waals surface area contributed by atoms with E-state index < -0.39 is 0 Å². The zero-order valence-electron chi connectivity index (χ0n) is 11.9. The molecular formula is C13H17N5O2. The summed E-state index contributed by atoms with van der Waals surface area (Å²) < 4.78 is 4.87. The SMILES string of the molecule is CNc1cc(C(=O)Nc2nc(C)no2)cc(C(C)C)n1. The van der Waals surface area contributed by atoms with E-state index in [9.17, 15) is 4.79 Å².